The number of anilines is 1. The Morgan fingerprint density at radius 2 is 1.86 bits per heavy atom. The molecule has 0 radical (unpaired) electrons. The molecule has 0 saturated heterocycles. The Morgan fingerprint density at radius 3 is 2.43 bits per heavy atom. The summed E-state index contributed by atoms with van der Waals surface area (Å²) >= 11 is 0. The van der Waals surface area contributed by atoms with Gasteiger partial charge in [-0.1, -0.05) is 12.1 Å². The van der Waals surface area contributed by atoms with E-state index in [-0.39, 0.29) is 22.9 Å². The second-order valence-corrected chi connectivity index (χ2v) is 6.09. The van der Waals surface area contributed by atoms with Crippen LogP contribution in [-0.4, -0.2) is 15.5 Å². The number of hydrogen-bond donors (Lipinski definition) is 2. The molecule has 0 saturated carbocycles. The minimum Gasteiger partial charge on any atom is -0.497 e. The summed E-state index contributed by atoms with van der Waals surface area (Å²) in [5, 5.41) is 0. The van der Waals surface area contributed by atoms with E-state index < -0.39 is 10.0 Å². The molecule has 0 heterocycles. The van der Waals surface area contributed by atoms with Gasteiger partial charge in [-0.05, 0) is 29.8 Å². The summed E-state index contributed by atoms with van der Waals surface area (Å²) in [6.45, 7) is 0.0497. The van der Waals surface area contributed by atoms with Crippen molar-refractivity contribution in [3.8, 4) is 5.75 Å². The van der Waals surface area contributed by atoms with Crippen molar-refractivity contribution in [2.75, 3.05) is 12.8 Å². The first-order valence-corrected chi connectivity index (χ1v) is 7.58. The quantitative estimate of drug-likeness (QED) is 0.826. The predicted molar refractivity (Wildman–Crippen MR) is 77.8 cm³/mol. The van der Waals surface area contributed by atoms with Gasteiger partial charge in [0, 0.05) is 12.6 Å². The van der Waals surface area contributed by atoms with E-state index in [2.05, 4.69) is 4.72 Å². The summed E-state index contributed by atoms with van der Waals surface area (Å²) in [6.07, 6.45) is 0. The van der Waals surface area contributed by atoms with Crippen LogP contribution < -0.4 is 15.2 Å². The lowest BCUT2D eigenvalue weighted by atomic mass is 10.2. The fraction of sp³-hybridized carbons (Fsp3) is 0.143. The maximum atomic E-state index is 12.8. The number of sulfonamides is 1. The number of nitrogen functional groups attached to an aromatic ring is 1. The fourth-order valence-corrected chi connectivity index (χ4v) is 2.89. The number of benzene rings is 2. The Kier molecular flexibility index (Phi) is 4.44. The monoisotopic (exact) mass is 310 g/mol. The molecule has 0 aromatic heterocycles. The third-order valence-corrected chi connectivity index (χ3v) is 4.36. The minimum absolute atomic E-state index is 0.0228. The van der Waals surface area contributed by atoms with Gasteiger partial charge in [0.25, 0.3) is 0 Å². The van der Waals surface area contributed by atoms with Gasteiger partial charge in [-0.25, -0.2) is 17.5 Å². The van der Waals surface area contributed by atoms with E-state index >= 15 is 0 Å². The molecule has 0 fully saturated rings. The zero-order valence-corrected chi connectivity index (χ0v) is 12.2. The normalized spacial score (nSPS) is 11.3. The van der Waals surface area contributed by atoms with Gasteiger partial charge in [0.05, 0.1) is 12.8 Å². The van der Waals surface area contributed by atoms with E-state index in [1.165, 1.54) is 49.6 Å². The van der Waals surface area contributed by atoms with E-state index in [1.54, 1.807) is 0 Å². The number of methoxy groups -OCH3 is 1. The van der Waals surface area contributed by atoms with Crippen molar-refractivity contribution in [1.29, 1.82) is 0 Å². The smallest absolute Gasteiger partial charge is 0.242 e. The molecular formula is C14H15FN2O3S. The van der Waals surface area contributed by atoms with Crippen molar-refractivity contribution in [2.45, 2.75) is 11.4 Å². The highest BCUT2D eigenvalue weighted by Crippen LogP contribution is 2.23. The molecule has 2 aromatic carbocycles. The van der Waals surface area contributed by atoms with Gasteiger partial charge in [0.15, 0.2) is 0 Å². The Hall–Kier alpha value is -2.12. The summed E-state index contributed by atoms with van der Waals surface area (Å²) in [4.78, 5) is -0.0228. The van der Waals surface area contributed by atoms with Crippen molar-refractivity contribution in [3.05, 3.63) is 53.8 Å². The number of ether oxygens (including phenoxy) is 1. The molecule has 21 heavy (non-hydrogen) atoms. The van der Waals surface area contributed by atoms with Crippen molar-refractivity contribution in [1.82, 2.24) is 4.72 Å². The number of nitrogens with one attached hydrogen (secondary N) is 1. The average Bonchev–Trinajstić information content (AvgIpc) is 2.46. The molecule has 5 nitrogen and oxygen atoms in total. The molecule has 0 aliphatic heterocycles. The van der Waals surface area contributed by atoms with E-state index in [0.717, 1.165) is 0 Å². The van der Waals surface area contributed by atoms with Crippen LogP contribution in [0, 0.1) is 5.82 Å². The molecule has 0 bridgehead atoms. The SMILES string of the molecule is COc1ccc(S(=O)(=O)NCc2ccc(F)cc2)c(N)c1. The van der Waals surface area contributed by atoms with E-state index in [9.17, 15) is 12.8 Å². The van der Waals surface area contributed by atoms with E-state index in [4.69, 9.17) is 10.5 Å². The highest BCUT2D eigenvalue weighted by Gasteiger charge is 2.17. The Morgan fingerprint density at radius 1 is 1.19 bits per heavy atom. The van der Waals surface area contributed by atoms with Crippen LogP contribution in [0.5, 0.6) is 5.75 Å². The lowest BCUT2D eigenvalue weighted by molar-refractivity contribution is 0.414. The topological polar surface area (TPSA) is 81.4 Å². The van der Waals surface area contributed by atoms with Crippen molar-refractivity contribution >= 4 is 15.7 Å². The molecular weight excluding hydrogens is 295 g/mol. The van der Waals surface area contributed by atoms with Gasteiger partial charge in [-0.3, -0.25) is 0 Å². The zero-order valence-electron chi connectivity index (χ0n) is 11.3. The van der Waals surface area contributed by atoms with Crippen LogP contribution in [0.4, 0.5) is 10.1 Å². The van der Waals surface area contributed by atoms with Crippen molar-refractivity contribution in [3.63, 3.8) is 0 Å². The molecule has 0 spiro atoms. The van der Waals surface area contributed by atoms with E-state index in [0.29, 0.717) is 11.3 Å². The van der Waals surface area contributed by atoms with Gasteiger partial charge in [-0.15, -0.1) is 0 Å². The molecule has 0 unspecified atom stereocenters. The Labute approximate surface area is 122 Å². The summed E-state index contributed by atoms with van der Waals surface area (Å²) in [5.74, 6) is 0.103. The molecule has 0 aliphatic rings. The molecule has 112 valence electrons. The van der Waals surface area contributed by atoms with Crippen LogP contribution >= 0.6 is 0 Å². The zero-order chi connectivity index (χ0) is 15.5. The molecule has 7 heteroatoms. The summed E-state index contributed by atoms with van der Waals surface area (Å²) in [6, 6.07) is 9.89. The standard InChI is InChI=1S/C14H15FN2O3S/c1-20-12-6-7-14(13(16)8-12)21(18,19)17-9-10-2-4-11(15)5-3-10/h2-8,17H,9,16H2,1H3. The highest BCUT2D eigenvalue weighted by atomic mass is 32.2. The van der Waals surface area contributed by atoms with Crippen LogP contribution in [0.15, 0.2) is 47.4 Å². The van der Waals surface area contributed by atoms with Gasteiger partial charge in [0.1, 0.15) is 16.5 Å². The Balaban J connectivity index is 2.16. The fourth-order valence-electron chi connectivity index (χ4n) is 1.76. The first kappa shape index (κ1) is 15.3. The van der Waals surface area contributed by atoms with E-state index in [1.807, 2.05) is 0 Å². The largest absolute Gasteiger partial charge is 0.497 e. The molecule has 0 amide bonds. The van der Waals surface area contributed by atoms with Gasteiger partial charge in [0.2, 0.25) is 10.0 Å². The van der Waals surface area contributed by atoms with Gasteiger partial charge in [-0.2, -0.15) is 0 Å². The summed E-state index contributed by atoms with van der Waals surface area (Å²) < 4.78 is 44.5. The number of hydrogen-bond acceptors (Lipinski definition) is 4. The number of nitrogens with two attached hydrogens (primary N) is 1. The third-order valence-electron chi connectivity index (χ3n) is 2.89. The molecule has 2 aromatic rings. The third kappa shape index (κ3) is 3.71. The van der Waals surface area contributed by atoms with Crippen molar-refractivity contribution < 1.29 is 17.5 Å². The predicted octanol–water partition coefficient (Wildman–Crippen LogP) is 1.90. The minimum atomic E-state index is -3.75. The average molecular weight is 310 g/mol. The number of halogens is 1. The second-order valence-electron chi connectivity index (χ2n) is 4.35. The Bertz CT molecular complexity index is 730. The van der Waals surface area contributed by atoms with Crippen LogP contribution in [-0.2, 0) is 16.6 Å². The van der Waals surface area contributed by atoms with Gasteiger partial charge < -0.3 is 10.5 Å². The van der Waals surface area contributed by atoms with Gasteiger partial charge >= 0.3 is 0 Å². The first-order chi connectivity index (χ1) is 9.92. The van der Waals surface area contributed by atoms with Crippen LogP contribution in [0.1, 0.15) is 5.56 Å². The van der Waals surface area contributed by atoms with Crippen molar-refractivity contribution in [2.24, 2.45) is 0 Å². The molecule has 0 atom stereocenters. The van der Waals surface area contributed by atoms with Crippen LogP contribution in [0.3, 0.4) is 0 Å². The maximum Gasteiger partial charge on any atom is 0.242 e. The highest BCUT2D eigenvalue weighted by molar-refractivity contribution is 7.89. The lowest BCUT2D eigenvalue weighted by Crippen LogP contribution is -2.24. The maximum absolute atomic E-state index is 12.8. The van der Waals surface area contributed by atoms with Crippen LogP contribution in [0.25, 0.3) is 0 Å². The second kappa shape index (κ2) is 6.11. The lowest BCUT2D eigenvalue weighted by Gasteiger charge is -2.10. The summed E-state index contributed by atoms with van der Waals surface area (Å²) in [7, 11) is -2.28. The molecule has 2 rings (SSSR count). The van der Waals surface area contributed by atoms with Crippen LogP contribution in [0.2, 0.25) is 0 Å². The number of rotatable bonds is 5. The summed E-state index contributed by atoms with van der Waals surface area (Å²) in [5.41, 5.74) is 6.47. The molecule has 3 N–H and O–H groups in total. The molecule has 0 aliphatic carbocycles. The first-order valence-electron chi connectivity index (χ1n) is 6.10.